The maximum atomic E-state index is 11.6. The van der Waals surface area contributed by atoms with Crippen LogP contribution >= 0.6 is 0 Å². The summed E-state index contributed by atoms with van der Waals surface area (Å²) in [6.45, 7) is 8.46. The first-order valence-electron chi connectivity index (χ1n) is 5.77. The Hall–Kier alpha value is -0.630. The first-order chi connectivity index (χ1) is 6.87. The Balaban J connectivity index is 2.44. The predicted molar refractivity (Wildman–Crippen MR) is 59.7 cm³/mol. The van der Waals surface area contributed by atoms with Gasteiger partial charge in [-0.05, 0) is 38.3 Å². The molecule has 2 aliphatic rings. The Kier molecular flexibility index (Phi) is 2.30. The van der Waals surface area contributed by atoms with Gasteiger partial charge in [-0.3, -0.25) is 4.79 Å². The molecule has 0 bridgehead atoms. The fourth-order valence-corrected chi connectivity index (χ4v) is 3.18. The van der Waals surface area contributed by atoms with Crippen LogP contribution in [0.3, 0.4) is 0 Å². The molecule has 0 aromatic carbocycles. The Labute approximate surface area is 91.7 Å². The lowest BCUT2D eigenvalue weighted by molar-refractivity contribution is -0.129. The summed E-state index contributed by atoms with van der Waals surface area (Å²) in [5.41, 5.74) is 0.877. The third kappa shape index (κ3) is 1.46. The van der Waals surface area contributed by atoms with E-state index in [-0.39, 0.29) is 16.8 Å². The van der Waals surface area contributed by atoms with Crippen molar-refractivity contribution in [1.29, 1.82) is 0 Å². The molecule has 2 nitrogen and oxygen atoms in total. The number of hydrogen-bond acceptors (Lipinski definition) is 2. The molecule has 0 aromatic rings. The minimum Gasteiger partial charge on any atom is -0.367 e. The number of ether oxygens (including phenoxy) is 1. The molecule has 2 rings (SSSR count). The molecule has 0 aromatic heterocycles. The van der Waals surface area contributed by atoms with Crippen molar-refractivity contribution < 1.29 is 9.53 Å². The molecular weight excluding hydrogens is 188 g/mol. The standard InChI is InChI=1S/C13H20O2/c1-9-7-11(14)8-12(3,4)13(9)6-5-10(2)15-13/h7,10H,5-6,8H2,1-4H3. The van der Waals surface area contributed by atoms with Gasteiger partial charge in [0.25, 0.3) is 0 Å². The smallest absolute Gasteiger partial charge is 0.156 e. The molecule has 15 heavy (non-hydrogen) atoms. The number of carbonyl (C=O) groups is 1. The molecular formula is C13H20O2. The molecule has 0 N–H and O–H groups in total. The number of rotatable bonds is 0. The molecule has 2 atom stereocenters. The number of ketones is 1. The molecule has 84 valence electrons. The van der Waals surface area contributed by atoms with E-state index in [2.05, 4.69) is 20.8 Å². The van der Waals surface area contributed by atoms with Crippen LogP contribution in [0.15, 0.2) is 11.6 Å². The highest BCUT2D eigenvalue weighted by Crippen LogP contribution is 2.52. The maximum absolute atomic E-state index is 11.6. The fourth-order valence-electron chi connectivity index (χ4n) is 3.18. The Morgan fingerprint density at radius 1 is 1.47 bits per heavy atom. The molecule has 0 saturated carbocycles. The molecule has 1 saturated heterocycles. The van der Waals surface area contributed by atoms with E-state index in [9.17, 15) is 4.79 Å². The topological polar surface area (TPSA) is 26.3 Å². The summed E-state index contributed by atoms with van der Waals surface area (Å²) in [7, 11) is 0. The molecule has 1 spiro atoms. The van der Waals surface area contributed by atoms with Crippen LogP contribution in [0.4, 0.5) is 0 Å². The van der Waals surface area contributed by atoms with Gasteiger partial charge in [0.05, 0.1) is 11.7 Å². The minimum absolute atomic E-state index is 0.0618. The van der Waals surface area contributed by atoms with Crippen molar-refractivity contribution in [2.24, 2.45) is 5.41 Å². The lowest BCUT2D eigenvalue weighted by atomic mass is 9.63. The van der Waals surface area contributed by atoms with Crippen LogP contribution in [0, 0.1) is 5.41 Å². The van der Waals surface area contributed by atoms with Crippen LogP contribution < -0.4 is 0 Å². The van der Waals surface area contributed by atoms with Gasteiger partial charge in [0, 0.05) is 11.8 Å². The van der Waals surface area contributed by atoms with Crippen molar-refractivity contribution in [2.45, 2.75) is 58.7 Å². The third-order valence-electron chi connectivity index (χ3n) is 4.03. The van der Waals surface area contributed by atoms with Crippen LogP contribution in [0.1, 0.15) is 47.0 Å². The predicted octanol–water partition coefficient (Wildman–Crippen LogP) is 2.87. The van der Waals surface area contributed by atoms with Crippen molar-refractivity contribution in [3.8, 4) is 0 Å². The highest BCUT2D eigenvalue weighted by atomic mass is 16.5. The molecule has 2 unspecified atom stereocenters. The fraction of sp³-hybridized carbons (Fsp3) is 0.769. The zero-order chi connectivity index (χ0) is 11.3. The third-order valence-corrected chi connectivity index (χ3v) is 4.03. The van der Waals surface area contributed by atoms with Crippen molar-refractivity contribution in [1.82, 2.24) is 0 Å². The number of carbonyl (C=O) groups excluding carboxylic acids is 1. The molecule has 2 heteroatoms. The van der Waals surface area contributed by atoms with Crippen LogP contribution in [-0.4, -0.2) is 17.5 Å². The second kappa shape index (κ2) is 3.18. The average Bonchev–Trinajstić information content (AvgIpc) is 2.45. The van der Waals surface area contributed by atoms with Gasteiger partial charge in [0.1, 0.15) is 0 Å². The lowest BCUT2D eigenvalue weighted by Gasteiger charge is -2.46. The van der Waals surface area contributed by atoms with Gasteiger partial charge in [-0.15, -0.1) is 0 Å². The van der Waals surface area contributed by atoms with Crippen LogP contribution in [0.2, 0.25) is 0 Å². The van der Waals surface area contributed by atoms with Crippen molar-refractivity contribution >= 4 is 5.78 Å². The van der Waals surface area contributed by atoms with E-state index in [0.717, 1.165) is 18.4 Å². The van der Waals surface area contributed by atoms with Crippen molar-refractivity contribution in [3.05, 3.63) is 11.6 Å². The zero-order valence-electron chi connectivity index (χ0n) is 10.1. The molecule has 0 amide bonds. The summed E-state index contributed by atoms with van der Waals surface area (Å²) in [6, 6.07) is 0. The summed E-state index contributed by atoms with van der Waals surface area (Å²) < 4.78 is 6.15. The van der Waals surface area contributed by atoms with Crippen LogP contribution in [0.5, 0.6) is 0 Å². The first-order valence-corrected chi connectivity index (χ1v) is 5.77. The van der Waals surface area contributed by atoms with Crippen LogP contribution in [-0.2, 0) is 9.53 Å². The van der Waals surface area contributed by atoms with Crippen molar-refractivity contribution in [3.63, 3.8) is 0 Å². The summed E-state index contributed by atoms with van der Waals surface area (Å²) >= 11 is 0. The van der Waals surface area contributed by atoms with E-state index in [1.807, 2.05) is 6.92 Å². The van der Waals surface area contributed by atoms with Gasteiger partial charge >= 0.3 is 0 Å². The van der Waals surface area contributed by atoms with Gasteiger partial charge in [-0.1, -0.05) is 13.8 Å². The van der Waals surface area contributed by atoms with Gasteiger partial charge in [0.15, 0.2) is 5.78 Å². The normalized spacial score (nSPS) is 39.6. The monoisotopic (exact) mass is 208 g/mol. The Bertz CT molecular complexity index is 327. The van der Waals surface area contributed by atoms with E-state index in [4.69, 9.17) is 4.74 Å². The van der Waals surface area contributed by atoms with Crippen molar-refractivity contribution in [2.75, 3.05) is 0 Å². The van der Waals surface area contributed by atoms with E-state index < -0.39 is 0 Å². The van der Waals surface area contributed by atoms with Gasteiger partial charge in [-0.25, -0.2) is 0 Å². The summed E-state index contributed by atoms with van der Waals surface area (Å²) in [5, 5.41) is 0. The highest BCUT2D eigenvalue weighted by Gasteiger charge is 2.53. The number of hydrogen-bond donors (Lipinski definition) is 0. The van der Waals surface area contributed by atoms with E-state index in [0.29, 0.717) is 12.5 Å². The molecule has 1 aliphatic heterocycles. The summed E-state index contributed by atoms with van der Waals surface area (Å²) in [4.78, 5) is 11.6. The summed E-state index contributed by atoms with van der Waals surface area (Å²) in [5.74, 6) is 0.242. The van der Waals surface area contributed by atoms with Gasteiger partial charge in [0.2, 0.25) is 0 Å². The minimum atomic E-state index is -0.180. The van der Waals surface area contributed by atoms with Gasteiger partial charge in [-0.2, -0.15) is 0 Å². The molecule has 1 fully saturated rings. The molecule has 1 aliphatic carbocycles. The second-order valence-electron chi connectivity index (χ2n) is 5.65. The Morgan fingerprint density at radius 3 is 2.60 bits per heavy atom. The molecule has 0 radical (unpaired) electrons. The first kappa shape index (κ1) is 10.9. The van der Waals surface area contributed by atoms with E-state index >= 15 is 0 Å². The molecule has 1 heterocycles. The SMILES string of the molecule is CC1=CC(=O)CC(C)(C)C12CCC(C)O2. The average molecular weight is 208 g/mol. The van der Waals surface area contributed by atoms with E-state index in [1.54, 1.807) is 6.08 Å². The van der Waals surface area contributed by atoms with E-state index in [1.165, 1.54) is 0 Å². The zero-order valence-corrected chi connectivity index (χ0v) is 10.1. The summed E-state index contributed by atoms with van der Waals surface area (Å²) in [6.07, 6.45) is 4.86. The van der Waals surface area contributed by atoms with Crippen LogP contribution in [0.25, 0.3) is 0 Å². The Morgan fingerprint density at radius 2 is 2.13 bits per heavy atom. The largest absolute Gasteiger partial charge is 0.367 e. The number of allylic oxidation sites excluding steroid dienone is 1. The quantitative estimate of drug-likeness (QED) is 0.612. The maximum Gasteiger partial charge on any atom is 0.156 e. The van der Waals surface area contributed by atoms with Gasteiger partial charge < -0.3 is 4.74 Å². The second-order valence-corrected chi connectivity index (χ2v) is 5.65. The highest BCUT2D eigenvalue weighted by molar-refractivity contribution is 5.92. The lowest BCUT2D eigenvalue weighted by Crippen LogP contribution is -2.49.